The molecule has 0 spiro atoms. The Morgan fingerprint density at radius 1 is 0.795 bits per heavy atom. The molecule has 0 aromatic heterocycles. The van der Waals surface area contributed by atoms with Gasteiger partial charge in [-0.3, -0.25) is 4.79 Å². The Morgan fingerprint density at radius 3 is 1.77 bits per heavy atom. The Morgan fingerprint density at radius 2 is 1.28 bits per heavy atom. The van der Waals surface area contributed by atoms with Gasteiger partial charge in [-0.05, 0) is 103 Å². The third kappa shape index (κ3) is 6.08. The molecule has 0 saturated carbocycles. The van der Waals surface area contributed by atoms with Crippen molar-refractivity contribution in [3.8, 4) is 5.75 Å². The standard InChI is InChI=1S/C25H11F4I3O6S/c26-19-15(20(27)22(29)24(21(19)28)39(35,36)37)9-18(33)13-5-10-3-1-2-4-11(10)6-14(13)25(34)38-23-16(31)7-12(30)8-17(23)32/h1-8H,9H2,(H,35,36,37)/p-1. The van der Waals surface area contributed by atoms with Gasteiger partial charge in [0.25, 0.3) is 0 Å². The zero-order valence-electron chi connectivity index (χ0n) is 18.8. The average Bonchev–Trinajstić information content (AvgIpc) is 2.85. The molecule has 0 bridgehead atoms. The van der Waals surface area contributed by atoms with Crippen LogP contribution in [0.4, 0.5) is 17.6 Å². The molecular weight excluding hydrogens is 885 g/mol. The number of Topliss-reactive ketones (excluding diaryl/α,β-unsaturated/α-hetero) is 1. The fourth-order valence-electron chi connectivity index (χ4n) is 3.70. The maximum absolute atomic E-state index is 14.6. The van der Waals surface area contributed by atoms with Gasteiger partial charge in [0.15, 0.2) is 34.8 Å². The van der Waals surface area contributed by atoms with E-state index in [1.54, 1.807) is 36.4 Å². The Bertz CT molecular complexity index is 1760. The van der Waals surface area contributed by atoms with Crippen LogP contribution in [0.3, 0.4) is 0 Å². The van der Waals surface area contributed by atoms with Gasteiger partial charge in [-0.2, -0.15) is 0 Å². The second-order valence-electron chi connectivity index (χ2n) is 7.95. The lowest BCUT2D eigenvalue weighted by molar-refractivity contribution is 0.0727. The predicted molar refractivity (Wildman–Crippen MR) is 156 cm³/mol. The molecule has 14 heteroatoms. The quantitative estimate of drug-likeness (QED) is 0.0404. The highest BCUT2D eigenvalue weighted by Crippen LogP contribution is 2.32. The van der Waals surface area contributed by atoms with Crippen molar-refractivity contribution in [2.75, 3.05) is 0 Å². The number of carbonyl (C=O) groups excluding carboxylic acids is 2. The first-order valence-corrected chi connectivity index (χ1v) is 15.1. The van der Waals surface area contributed by atoms with E-state index in [0.29, 0.717) is 17.9 Å². The first-order valence-electron chi connectivity index (χ1n) is 10.4. The number of benzene rings is 4. The largest absolute Gasteiger partial charge is 0.744 e. The fraction of sp³-hybridized carbons (Fsp3) is 0.0400. The number of hydrogen-bond donors (Lipinski definition) is 0. The molecule has 0 aliphatic rings. The molecule has 0 aliphatic carbocycles. The maximum Gasteiger partial charge on any atom is 0.344 e. The minimum Gasteiger partial charge on any atom is -0.744 e. The number of hydrogen-bond acceptors (Lipinski definition) is 6. The SMILES string of the molecule is O=C(Cc1c(F)c(F)c(S(=O)(=O)[O-])c(F)c1F)c1cc2ccccc2cc1C(=O)Oc1c(I)cc(I)cc1I. The van der Waals surface area contributed by atoms with Gasteiger partial charge in [-0.1, -0.05) is 24.3 Å². The second-order valence-corrected chi connectivity index (χ2v) is 12.8. The van der Waals surface area contributed by atoms with Gasteiger partial charge in [-0.15, -0.1) is 0 Å². The molecule has 0 heterocycles. The molecule has 4 aromatic carbocycles. The third-order valence-electron chi connectivity index (χ3n) is 5.47. The minimum absolute atomic E-state index is 0.212. The van der Waals surface area contributed by atoms with Crippen LogP contribution in [0, 0.1) is 34.0 Å². The molecule has 4 aromatic rings. The number of ketones is 1. The van der Waals surface area contributed by atoms with E-state index in [2.05, 4.69) is 22.6 Å². The number of halogens is 7. The molecule has 0 amide bonds. The lowest BCUT2D eigenvalue weighted by atomic mass is 9.94. The van der Waals surface area contributed by atoms with Gasteiger partial charge in [0.2, 0.25) is 0 Å². The van der Waals surface area contributed by atoms with Crippen molar-refractivity contribution in [3.63, 3.8) is 0 Å². The van der Waals surface area contributed by atoms with Gasteiger partial charge in [0.05, 0.1) is 12.7 Å². The Kier molecular flexibility index (Phi) is 8.89. The zero-order chi connectivity index (χ0) is 28.8. The van der Waals surface area contributed by atoms with Crippen LogP contribution in [0.15, 0.2) is 53.4 Å². The van der Waals surface area contributed by atoms with E-state index < -0.39 is 62.0 Å². The van der Waals surface area contributed by atoms with E-state index in [4.69, 9.17) is 4.74 Å². The first-order chi connectivity index (χ1) is 18.2. The summed E-state index contributed by atoms with van der Waals surface area (Å²) in [6.45, 7) is 0. The van der Waals surface area contributed by atoms with Crippen LogP contribution in [0.1, 0.15) is 26.3 Å². The summed E-state index contributed by atoms with van der Waals surface area (Å²) in [4.78, 5) is 24.2. The van der Waals surface area contributed by atoms with Crippen molar-refractivity contribution in [1.82, 2.24) is 0 Å². The van der Waals surface area contributed by atoms with Crippen molar-refractivity contribution >= 4 is 100 Å². The number of fused-ring (bicyclic) bond motifs is 1. The van der Waals surface area contributed by atoms with Gasteiger partial charge >= 0.3 is 5.97 Å². The fourth-order valence-corrected chi connectivity index (χ4v) is 8.12. The smallest absolute Gasteiger partial charge is 0.344 e. The molecule has 4 rings (SSSR count). The van der Waals surface area contributed by atoms with E-state index in [0.717, 1.165) is 3.57 Å². The summed E-state index contributed by atoms with van der Waals surface area (Å²) in [5, 5.41) is 0.981. The summed E-state index contributed by atoms with van der Waals surface area (Å²) in [6, 6.07) is 12.6. The Balaban J connectivity index is 1.82. The predicted octanol–water partition coefficient (Wildman–Crippen LogP) is 6.76. The van der Waals surface area contributed by atoms with Gasteiger partial charge in [0.1, 0.15) is 15.0 Å². The average molecular weight is 895 g/mol. The highest BCUT2D eigenvalue weighted by molar-refractivity contribution is 14.1. The molecule has 0 aliphatic heterocycles. The monoisotopic (exact) mass is 895 g/mol. The van der Waals surface area contributed by atoms with Crippen LogP contribution >= 0.6 is 67.8 Å². The van der Waals surface area contributed by atoms with Crippen molar-refractivity contribution < 1.29 is 44.9 Å². The number of ether oxygens (including phenoxy) is 1. The molecule has 0 unspecified atom stereocenters. The van der Waals surface area contributed by atoms with Gasteiger partial charge in [0, 0.05) is 21.1 Å². The minimum atomic E-state index is -5.92. The van der Waals surface area contributed by atoms with Crippen molar-refractivity contribution in [1.29, 1.82) is 0 Å². The Labute approximate surface area is 259 Å². The molecule has 6 nitrogen and oxygen atoms in total. The molecule has 39 heavy (non-hydrogen) atoms. The first kappa shape index (κ1) is 30.1. The van der Waals surface area contributed by atoms with Crippen LogP contribution < -0.4 is 4.74 Å². The van der Waals surface area contributed by atoms with Crippen molar-refractivity contribution in [2.24, 2.45) is 0 Å². The molecular formula is C25H10F4I3O6S-. The summed E-state index contributed by atoms with van der Waals surface area (Å²) < 4.78 is 98.7. The van der Waals surface area contributed by atoms with E-state index in [1.165, 1.54) is 12.1 Å². The molecule has 0 saturated heterocycles. The van der Waals surface area contributed by atoms with E-state index in [-0.39, 0.29) is 16.9 Å². The normalized spacial score (nSPS) is 11.6. The maximum atomic E-state index is 14.6. The summed E-state index contributed by atoms with van der Waals surface area (Å²) in [5.74, 6) is -11.2. The van der Waals surface area contributed by atoms with E-state index in [9.17, 15) is 40.1 Å². The molecule has 202 valence electrons. The molecule has 0 radical (unpaired) electrons. The molecule has 0 N–H and O–H groups in total. The topological polar surface area (TPSA) is 101 Å². The summed E-state index contributed by atoms with van der Waals surface area (Å²) >= 11 is 6.01. The Hall–Kier alpha value is -1.90. The number of rotatable bonds is 6. The van der Waals surface area contributed by atoms with Gasteiger partial charge in [-0.25, -0.2) is 30.8 Å². The summed E-state index contributed by atoms with van der Waals surface area (Å²) in [5.41, 5.74) is -2.10. The van der Waals surface area contributed by atoms with Crippen LogP contribution in [0.25, 0.3) is 10.8 Å². The second kappa shape index (κ2) is 11.5. The van der Waals surface area contributed by atoms with E-state index in [1.807, 2.05) is 45.2 Å². The van der Waals surface area contributed by atoms with Gasteiger partial charge < -0.3 is 9.29 Å². The summed E-state index contributed by atoms with van der Waals surface area (Å²) in [7, 11) is -5.92. The lowest BCUT2D eigenvalue weighted by Crippen LogP contribution is -2.19. The van der Waals surface area contributed by atoms with E-state index >= 15 is 0 Å². The highest BCUT2D eigenvalue weighted by atomic mass is 127. The lowest BCUT2D eigenvalue weighted by Gasteiger charge is -2.15. The third-order valence-corrected chi connectivity index (χ3v) is 8.55. The number of carbonyl (C=O) groups is 2. The van der Waals surface area contributed by atoms with Crippen LogP contribution in [0.2, 0.25) is 0 Å². The van der Waals surface area contributed by atoms with Crippen molar-refractivity contribution in [2.45, 2.75) is 11.3 Å². The zero-order valence-corrected chi connectivity index (χ0v) is 26.1. The molecule has 0 fully saturated rings. The summed E-state index contributed by atoms with van der Waals surface area (Å²) in [6.07, 6.45) is -1.30. The molecule has 0 atom stereocenters. The highest BCUT2D eigenvalue weighted by Gasteiger charge is 2.31. The van der Waals surface area contributed by atoms with Crippen LogP contribution in [-0.2, 0) is 16.5 Å². The van der Waals surface area contributed by atoms with Crippen LogP contribution in [-0.4, -0.2) is 24.7 Å². The van der Waals surface area contributed by atoms with Crippen LogP contribution in [0.5, 0.6) is 5.75 Å². The van der Waals surface area contributed by atoms with Crippen molar-refractivity contribution in [3.05, 3.63) is 99.2 Å². The number of esters is 1.